The van der Waals surface area contributed by atoms with Crippen molar-refractivity contribution in [3.05, 3.63) is 75.1 Å². The molecule has 0 spiro atoms. The second-order valence-corrected chi connectivity index (χ2v) is 7.64. The van der Waals surface area contributed by atoms with Crippen LogP contribution in [0.4, 0.5) is 9.39 Å². The van der Waals surface area contributed by atoms with Crippen LogP contribution in [0.25, 0.3) is 11.1 Å². The molecule has 0 unspecified atom stereocenters. The molecule has 0 fully saturated rings. The maximum absolute atomic E-state index is 14.4. The third-order valence-electron chi connectivity index (χ3n) is 4.04. The van der Waals surface area contributed by atoms with Gasteiger partial charge in [0.1, 0.15) is 10.6 Å². The molecular formula is C20H14Cl2FNO3S. The molecule has 0 radical (unpaired) electrons. The van der Waals surface area contributed by atoms with Crippen LogP contribution in [0.5, 0.6) is 0 Å². The van der Waals surface area contributed by atoms with Crippen LogP contribution < -0.4 is 5.32 Å². The Morgan fingerprint density at radius 2 is 1.79 bits per heavy atom. The normalized spacial score (nSPS) is 11.8. The molecule has 1 heterocycles. The summed E-state index contributed by atoms with van der Waals surface area (Å²) in [6.45, 7) is 0. The van der Waals surface area contributed by atoms with Gasteiger partial charge in [-0.25, -0.2) is 9.18 Å². The predicted octanol–water partition coefficient (Wildman–Crippen LogP) is 5.94. The van der Waals surface area contributed by atoms with Crippen molar-refractivity contribution in [1.29, 1.82) is 0 Å². The summed E-state index contributed by atoms with van der Waals surface area (Å²) in [6, 6.07) is 13.3. The minimum Gasteiger partial charge on any atom is -0.478 e. The standard InChI is InChI=1S/C20H14Cl2FNO3S/c21-13-7-5-11(6-8-13)14-10-28-19(17(14)20(26)27)24-18(25)16(23)9-12-3-1-2-4-15(12)22/h1-8,10,16H,9H2,(H,24,25)(H,26,27)/t16-/m1/s1. The molecule has 0 saturated carbocycles. The van der Waals surface area contributed by atoms with E-state index >= 15 is 0 Å². The number of anilines is 1. The second kappa shape index (κ2) is 8.73. The van der Waals surface area contributed by atoms with Gasteiger partial charge in [-0.3, -0.25) is 4.79 Å². The summed E-state index contributed by atoms with van der Waals surface area (Å²) in [5, 5.41) is 14.5. The lowest BCUT2D eigenvalue weighted by Gasteiger charge is -2.11. The zero-order valence-corrected chi connectivity index (χ0v) is 16.6. The zero-order chi connectivity index (χ0) is 20.3. The number of hydrogen-bond acceptors (Lipinski definition) is 3. The minimum atomic E-state index is -1.87. The number of amides is 1. The molecule has 1 atom stereocenters. The van der Waals surface area contributed by atoms with Gasteiger partial charge < -0.3 is 10.4 Å². The molecule has 2 N–H and O–H groups in total. The van der Waals surface area contributed by atoms with Crippen LogP contribution >= 0.6 is 34.5 Å². The number of thiophene rings is 1. The number of alkyl halides is 1. The fraction of sp³-hybridized carbons (Fsp3) is 0.100. The van der Waals surface area contributed by atoms with Crippen molar-refractivity contribution < 1.29 is 19.1 Å². The average Bonchev–Trinajstić information content (AvgIpc) is 3.08. The molecule has 4 nitrogen and oxygen atoms in total. The van der Waals surface area contributed by atoms with Gasteiger partial charge in [-0.05, 0) is 29.3 Å². The Morgan fingerprint density at radius 1 is 1.11 bits per heavy atom. The molecule has 0 aliphatic rings. The molecule has 8 heteroatoms. The highest BCUT2D eigenvalue weighted by atomic mass is 35.5. The SMILES string of the molecule is O=C(O)c1c(-c2ccc(Cl)cc2)csc1NC(=O)[C@H](F)Cc1ccccc1Cl. The number of benzene rings is 2. The van der Waals surface area contributed by atoms with Crippen molar-refractivity contribution in [3.8, 4) is 11.1 Å². The van der Waals surface area contributed by atoms with Gasteiger partial charge in [0.25, 0.3) is 5.91 Å². The van der Waals surface area contributed by atoms with Gasteiger partial charge >= 0.3 is 5.97 Å². The number of rotatable bonds is 6. The Labute approximate surface area is 174 Å². The molecule has 2 aromatic carbocycles. The third-order valence-corrected chi connectivity index (χ3v) is 5.55. The van der Waals surface area contributed by atoms with E-state index < -0.39 is 18.0 Å². The fourth-order valence-corrected chi connectivity index (χ4v) is 3.95. The van der Waals surface area contributed by atoms with Gasteiger partial charge in [0.05, 0.1) is 0 Å². The zero-order valence-electron chi connectivity index (χ0n) is 14.3. The number of carbonyl (C=O) groups excluding carboxylic acids is 1. The molecule has 28 heavy (non-hydrogen) atoms. The number of aromatic carboxylic acids is 1. The van der Waals surface area contributed by atoms with Crippen LogP contribution in [0.3, 0.4) is 0 Å². The van der Waals surface area contributed by atoms with Gasteiger partial charge in [0.15, 0.2) is 6.17 Å². The number of nitrogens with one attached hydrogen (secondary N) is 1. The lowest BCUT2D eigenvalue weighted by atomic mass is 10.0. The molecule has 1 amide bonds. The first-order valence-corrected chi connectivity index (χ1v) is 9.79. The molecule has 0 saturated heterocycles. The Bertz CT molecular complexity index is 1020. The number of carbonyl (C=O) groups is 2. The number of carboxylic acid groups (broad SMARTS) is 1. The topological polar surface area (TPSA) is 66.4 Å². The van der Waals surface area contributed by atoms with E-state index in [2.05, 4.69) is 5.32 Å². The molecule has 1 aromatic heterocycles. The van der Waals surface area contributed by atoms with Gasteiger partial charge in [0, 0.05) is 27.4 Å². The molecule has 3 aromatic rings. The Kier molecular flexibility index (Phi) is 6.34. The fourth-order valence-electron chi connectivity index (χ4n) is 2.64. The monoisotopic (exact) mass is 437 g/mol. The first-order chi connectivity index (χ1) is 13.4. The highest BCUT2D eigenvalue weighted by Crippen LogP contribution is 2.36. The van der Waals surface area contributed by atoms with Crippen LogP contribution in [0, 0.1) is 0 Å². The molecular weight excluding hydrogens is 424 g/mol. The maximum atomic E-state index is 14.4. The number of halogens is 3. The lowest BCUT2D eigenvalue weighted by Crippen LogP contribution is -2.26. The minimum absolute atomic E-state index is 0.0734. The van der Waals surface area contributed by atoms with Crippen molar-refractivity contribution >= 4 is 51.4 Å². The van der Waals surface area contributed by atoms with Gasteiger partial charge in [-0.15, -0.1) is 11.3 Å². The average molecular weight is 438 g/mol. The molecule has 3 rings (SSSR count). The first kappa shape index (κ1) is 20.3. The summed E-state index contributed by atoms with van der Waals surface area (Å²) >= 11 is 12.9. The van der Waals surface area contributed by atoms with Crippen LogP contribution in [0.15, 0.2) is 53.9 Å². The molecule has 0 aliphatic carbocycles. The van der Waals surface area contributed by atoms with Gasteiger partial charge in [-0.2, -0.15) is 0 Å². The van der Waals surface area contributed by atoms with Crippen molar-refractivity contribution in [2.45, 2.75) is 12.6 Å². The van der Waals surface area contributed by atoms with Gasteiger partial charge in [0.2, 0.25) is 0 Å². The quantitative estimate of drug-likeness (QED) is 0.501. The van der Waals surface area contributed by atoms with E-state index in [0.29, 0.717) is 26.7 Å². The molecule has 0 bridgehead atoms. The number of hydrogen-bond donors (Lipinski definition) is 2. The number of carboxylic acids is 1. The van der Waals surface area contributed by atoms with Crippen LogP contribution in [0.1, 0.15) is 15.9 Å². The molecule has 0 aliphatic heterocycles. The Morgan fingerprint density at radius 3 is 2.43 bits per heavy atom. The van der Waals surface area contributed by atoms with E-state index in [1.807, 2.05) is 0 Å². The summed E-state index contributed by atoms with van der Waals surface area (Å²) in [7, 11) is 0. The second-order valence-electron chi connectivity index (χ2n) is 5.92. The molecule has 144 valence electrons. The Hall–Kier alpha value is -2.41. The summed E-state index contributed by atoms with van der Waals surface area (Å²) in [5.74, 6) is -2.14. The van der Waals surface area contributed by atoms with Crippen molar-refractivity contribution in [2.75, 3.05) is 5.32 Å². The van der Waals surface area contributed by atoms with E-state index in [1.54, 1.807) is 53.9 Å². The van der Waals surface area contributed by atoms with E-state index in [1.165, 1.54) is 0 Å². The van der Waals surface area contributed by atoms with Crippen molar-refractivity contribution in [3.63, 3.8) is 0 Å². The van der Waals surface area contributed by atoms with Crippen LogP contribution in [0.2, 0.25) is 10.0 Å². The highest BCUT2D eigenvalue weighted by Gasteiger charge is 2.25. The first-order valence-electron chi connectivity index (χ1n) is 8.16. The van der Waals surface area contributed by atoms with Crippen molar-refractivity contribution in [1.82, 2.24) is 0 Å². The van der Waals surface area contributed by atoms with Crippen molar-refractivity contribution in [2.24, 2.45) is 0 Å². The van der Waals surface area contributed by atoms with Gasteiger partial charge in [-0.1, -0.05) is 53.5 Å². The smallest absolute Gasteiger partial charge is 0.339 e. The summed E-state index contributed by atoms with van der Waals surface area (Å²) in [4.78, 5) is 24.0. The maximum Gasteiger partial charge on any atom is 0.339 e. The third kappa shape index (κ3) is 4.52. The van der Waals surface area contributed by atoms with E-state index in [9.17, 15) is 19.1 Å². The summed E-state index contributed by atoms with van der Waals surface area (Å²) in [5.41, 5.74) is 1.46. The largest absolute Gasteiger partial charge is 0.478 e. The Balaban J connectivity index is 1.82. The lowest BCUT2D eigenvalue weighted by molar-refractivity contribution is -0.120. The summed E-state index contributed by atoms with van der Waals surface area (Å²) in [6.07, 6.45) is -2.08. The predicted molar refractivity (Wildman–Crippen MR) is 110 cm³/mol. The summed E-state index contributed by atoms with van der Waals surface area (Å²) < 4.78 is 14.4. The van der Waals surface area contributed by atoms with E-state index in [0.717, 1.165) is 11.3 Å². The highest BCUT2D eigenvalue weighted by molar-refractivity contribution is 7.15. The van der Waals surface area contributed by atoms with E-state index in [4.69, 9.17) is 23.2 Å². The van der Waals surface area contributed by atoms with Crippen LogP contribution in [-0.2, 0) is 11.2 Å². The van der Waals surface area contributed by atoms with E-state index in [-0.39, 0.29) is 17.0 Å². The van der Waals surface area contributed by atoms with Crippen LogP contribution in [-0.4, -0.2) is 23.2 Å².